The maximum atomic E-state index is 7.22. The van der Waals surface area contributed by atoms with Gasteiger partial charge >= 0.3 is 0 Å². The minimum Gasteiger partial charge on any atom is -0.493 e. The quantitative estimate of drug-likeness (QED) is 0.682. The number of rotatable bonds is 3. The van der Waals surface area contributed by atoms with Gasteiger partial charge in [-0.3, -0.25) is 5.73 Å². The van der Waals surface area contributed by atoms with Crippen LogP contribution in [0.4, 0.5) is 0 Å². The van der Waals surface area contributed by atoms with Gasteiger partial charge in [-0.2, -0.15) is 0 Å². The Morgan fingerprint density at radius 2 is 2.00 bits per heavy atom. The molecule has 65 valence electrons. The second kappa shape index (κ2) is 3.97. The van der Waals surface area contributed by atoms with Crippen molar-refractivity contribution in [3.05, 3.63) is 23.8 Å². The Morgan fingerprint density at radius 3 is 2.50 bits per heavy atom. The SMILES string of the molecule is COc1cccc(C[NH])c1OC. The van der Waals surface area contributed by atoms with Gasteiger partial charge in [-0.25, -0.2) is 0 Å². The van der Waals surface area contributed by atoms with Crippen LogP contribution >= 0.6 is 0 Å². The zero-order chi connectivity index (χ0) is 8.97. The fourth-order valence-electron chi connectivity index (χ4n) is 1.09. The van der Waals surface area contributed by atoms with E-state index in [1.807, 2.05) is 18.2 Å². The molecule has 0 bridgehead atoms. The van der Waals surface area contributed by atoms with Crippen molar-refractivity contribution in [2.45, 2.75) is 6.54 Å². The first-order valence-electron chi connectivity index (χ1n) is 3.68. The van der Waals surface area contributed by atoms with Gasteiger partial charge in [0.25, 0.3) is 0 Å². The van der Waals surface area contributed by atoms with E-state index < -0.39 is 0 Å². The van der Waals surface area contributed by atoms with Crippen molar-refractivity contribution in [1.82, 2.24) is 5.73 Å². The van der Waals surface area contributed by atoms with Crippen LogP contribution in [0.25, 0.3) is 0 Å². The largest absolute Gasteiger partial charge is 0.493 e. The van der Waals surface area contributed by atoms with Crippen molar-refractivity contribution >= 4 is 0 Å². The predicted molar refractivity (Wildman–Crippen MR) is 46.3 cm³/mol. The molecule has 1 aromatic carbocycles. The first-order chi connectivity index (χ1) is 5.83. The number of methoxy groups -OCH3 is 2. The van der Waals surface area contributed by atoms with Crippen LogP contribution in [0, 0.1) is 0 Å². The molecule has 1 aromatic rings. The summed E-state index contributed by atoms with van der Waals surface area (Å²) in [4.78, 5) is 0. The molecule has 0 aliphatic carbocycles. The Bertz CT molecular complexity index is 238. The maximum Gasteiger partial charge on any atom is 0.165 e. The van der Waals surface area contributed by atoms with Crippen LogP contribution < -0.4 is 15.2 Å². The Labute approximate surface area is 72.1 Å². The lowest BCUT2D eigenvalue weighted by molar-refractivity contribution is 0.351. The van der Waals surface area contributed by atoms with Crippen LogP contribution in [0.15, 0.2) is 18.2 Å². The van der Waals surface area contributed by atoms with Crippen molar-refractivity contribution in [1.29, 1.82) is 0 Å². The lowest BCUT2D eigenvalue weighted by atomic mass is 10.2. The molecule has 0 spiro atoms. The number of nitrogens with one attached hydrogen (secondary N) is 1. The van der Waals surface area contributed by atoms with Gasteiger partial charge in [-0.05, 0) is 6.07 Å². The summed E-state index contributed by atoms with van der Waals surface area (Å²) in [5.74, 6) is 1.34. The number of benzene rings is 1. The van der Waals surface area contributed by atoms with E-state index in [9.17, 15) is 0 Å². The maximum absolute atomic E-state index is 7.22. The second-order valence-electron chi connectivity index (χ2n) is 2.33. The van der Waals surface area contributed by atoms with Crippen molar-refractivity contribution < 1.29 is 9.47 Å². The molecule has 0 saturated carbocycles. The lowest BCUT2D eigenvalue weighted by Gasteiger charge is -2.10. The Morgan fingerprint density at radius 1 is 1.25 bits per heavy atom. The molecule has 0 saturated heterocycles. The average Bonchev–Trinajstić information content (AvgIpc) is 2.16. The van der Waals surface area contributed by atoms with Crippen molar-refractivity contribution in [3.8, 4) is 11.5 Å². The van der Waals surface area contributed by atoms with E-state index >= 15 is 0 Å². The molecule has 0 amide bonds. The van der Waals surface area contributed by atoms with Gasteiger partial charge in [-0.1, -0.05) is 12.1 Å². The lowest BCUT2D eigenvalue weighted by Crippen LogP contribution is -1.95. The summed E-state index contributed by atoms with van der Waals surface area (Å²) < 4.78 is 10.2. The van der Waals surface area contributed by atoms with Crippen LogP contribution in [0.2, 0.25) is 0 Å². The molecule has 0 aliphatic heterocycles. The topological polar surface area (TPSA) is 42.3 Å². The molecule has 0 heterocycles. The molecule has 1 radical (unpaired) electrons. The van der Waals surface area contributed by atoms with Gasteiger partial charge in [0.1, 0.15) is 0 Å². The Hall–Kier alpha value is -1.22. The highest BCUT2D eigenvalue weighted by Gasteiger charge is 2.06. The van der Waals surface area contributed by atoms with Crippen LogP contribution in [-0.4, -0.2) is 14.2 Å². The molecule has 0 unspecified atom stereocenters. The fraction of sp³-hybridized carbons (Fsp3) is 0.333. The molecule has 0 fully saturated rings. The third-order valence-electron chi connectivity index (χ3n) is 1.67. The summed E-state index contributed by atoms with van der Waals surface area (Å²) in [5.41, 5.74) is 8.07. The van der Waals surface area contributed by atoms with E-state index in [0.717, 1.165) is 5.56 Å². The van der Waals surface area contributed by atoms with Gasteiger partial charge in [-0.15, -0.1) is 0 Å². The van der Waals surface area contributed by atoms with Gasteiger partial charge in [0.05, 0.1) is 14.2 Å². The normalized spacial score (nSPS) is 9.58. The summed E-state index contributed by atoms with van der Waals surface area (Å²) in [6, 6.07) is 5.53. The van der Waals surface area contributed by atoms with E-state index in [1.54, 1.807) is 14.2 Å². The minimum atomic E-state index is 0.209. The fourth-order valence-corrected chi connectivity index (χ4v) is 1.09. The Kier molecular flexibility index (Phi) is 2.94. The van der Waals surface area contributed by atoms with Gasteiger partial charge < -0.3 is 9.47 Å². The van der Waals surface area contributed by atoms with Crippen molar-refractivity contribution in [2.24, 2.45) is 0 Å². The molecule has 0 aromatic heterocycles. The van der Waals surface area contributed by atoms with Crippen LogP contribution in [0.1, 0.15) is 5.56 Å². The van der Waals surface area contributed by atoms with E-state index in [2.05, 4.69) is 0 Å². The summed E-state index contributed by atoms with van der Waals surface area (Å²) >= 11 is 0. The molecular formula is C9H12NO2. The molecule has 1 N–H and O–H groups in total. The number of hydrogen-bond donors (Lipinski definition) is 0. The summed E-state index contributed by atoms with van der Waals surface area (Å²) in [6.45, 7) is 0.209. The number of hydrogen-bond acceptors (Lipinski definition) is 2. The smallest absolute Gasteiger partial charge is 0.165 e. The molecule has 3 nitrogen and oxygen atoms in total. The summed E-state index contributed by atoms with van der Waals surface area (Å²) in [5, 5.41) is 0. The van der Waals surface area contributed by atoms with Crippen LogP contribution in [0.5, 0.6) is 11.5 Å². The summed E-state index contributed by atoms with van der Waals surface area (Å²) in [7, 11) is 3.17. The third kappa shape index (κ3) is 1.51. The zero-order valence-corrected chi connectivity index (χ0v) is 7.26. The number of ether oxygens (including phenoxy) is 2. The highest BCUT2D eigenvalue weighted by molar-refractivity contribution is 5.46. The monoisotopic (exact) mass is 166 g/mol. The first-order valence-corrected chi connectivity index (χ1v) is 3.68. The summed E-state index contributed by atoms with van der Waals surface area (Å²) in [6.07, 6.45) is 0. The first kappa shape index (κ1) is 8.87. The minimum absolute atomic E-state index is 0.209. The molecule has 1 rings (SSSR count). The van der Waals surface area contributed by atoms with Gasteiger partial charge in [0, 0.05) is 12.1 Å². The Balaban J connectivity index is 3.13. The molecule has 3 heteroatoms. The van der Waals surface area contributed by atoms with E-state index in [4.69, 9.17) is 15.2 Å². The number of para-hydroxylation sites is 1. The second-order valence-corrected chi connectivity index (χ2v) is 2.33. The van der Waals surface area contributed by atoms with Crippen LogP contribution in [-0.2, 0) is 6.54 Å². The third-order valence-corrected chi connectivity index (χ3v) is 1.67. The molecule has 0 atom stereocenters. The zero-order valence-electron chi connectivity index (χ0n) is 7.26. The molecule has 12 heavy (non-hydrogen) atoms. The van der Waals surface area contributed by atoms with Crippen molar-refractivity contribution in [2.75, 3.05) is 14.2 Å². The molecule has 0 aliphatic rings. The highest BCUT2D eigenvalue weighted by atomic mass is 16.5. The van der Waals surface area contributed by atoms with Crippen molar-refractivity contribution in [3.63, 3.8) is 0 Å². The average molecular weight is 166 g/mol. The predicted octanol–water partition coefficient (Wildman–Crippen LogP) is 1.49. The van der Waals surface area contributed by atoms with Gasteiger partial charge in [0.2, 0.25) is 0 Å². The van der Waals surface area contributed by atoms with Gasteiger partial charge in [0.15, 0.2) is 11.5 Å². The van der Waals surface area contributed by atoms with E-state index in [1.165, 1.54) is 0 Å². The van der Waals surface area contributed by atoms with E-state index in [0.29, 0.717) is 11.5 Å². The standard InChI is InChI=1S/C9H12NO2/c1-11-8-5-3-4-7(6-10)9(8)12-2/h3-5,10H,6H2,1-2H3. The molecular weight excluding hydrogens is 154 g/mol. The highest BCUT2D eigenvalue weighted by Crippen LogP contribution is 2.30. The van der Waals surface area contributed by atoms with E-state index in [-0.39, 0.29) is 6.54 Å². The van der Waals surface area contributed by atoms with Crippen LogP contribution in [0.3, 0.4) is 0 Å².